The third kappa shape index (κ3) is 5.24. The molecule has 6 nitrogen and oxygen atoms in total. The fourth-order valence-corrected chi connectivity index (χ4v) is 2.26. The Hall–Kier alpha value is -3.02. The highest BCUT2D eigenvalue weighted by Crippen LogP contribution is 2.25. The van der Waals surface area contributed by atoms with E-state index in [0.717, 1.165) is 6.42 Å². The Morgan fingerprint density at radius 2 is 1.69 bits per heavy atom. The van der Waals surface area contributed by atoms with Gasteiger partial charge in [0.1, 0.15) is 0 Å². The first-order chi connectivity index (χ1) is 12.5. The highest BCUT2D eigenvalue weighted by Gasteiger charge is 2.15. The SMILES string of the molecule is CC[C@H](C)NC(=O)c1ccccc1NC(=O)COc1ccccc1OC. The van der Waals surface area contributed by atoms with Crippen LogP contribution in [0.4, 0.5) is 5.69 Å². The Kier molecular flexibility index (Phi) is 7.02. The standard InChI is InChI=1S/C20H24N2O4/c1-4-14(2)21-20(24)15-9-5-6-10-16(15)22-19(23)13-26-18-12-8-7-11-17(18)25-3/h5-12,14H,4,13H2,1-3H3,(H,21,24)(H,22,23)/t14-/m0/s1. The van der Waals surface area contributed by atoms with E-state index in [9.17, 15) is 9.59 Å². The maximum atomic E-state index is 12.4. The summed E-state index contributed by atoms with van der Waals surface area (Å²) in [5.74, 6) is 0.446. The lowest BCUT2D eigenvalue weighted by molar-refractivity contribution is -0.118. The minimum atomic E-state index is -0.361. The number of benzene rings is 2. The summed E-state index contributed by atoms with van der Waals surface area (Å²) in [6, 6.07) is 14.0. The number of para-hydroxylation sites is 3. The van der Waals surface area contributed by atoms with Gasteiger partial charge in [-0.2, -0.15) is 0 Å². The van der Waals surface area contributed by atoms with Crippen molar-refractivity contribution in [2.45, 2.75) is 26.3 Å². The van der Waals surface area contributed by atoms with E-state index in [1.54, 1.807) is 42.5 Å². The van der Waals surface area contributed by atoms with Crippen LogP contribution in [0.3, 0.4) is 0 Å². The predicted molar refractivity (Wildman–Crippen MR) is 101 cm³/mol. The molecule has 0 heterocycles. The zero-order chi connectivity index (χ0) is 18.9. The molecule has 0 aliphatic carbocycles. The van der Waals surface area contributed by atoms with Crippen LogP contribution in [0, 0.1) is 0 Å². The molecule has 2 aromatic carbocycles. The van der Waals surface area contributed by atoms with Gasteiger partial charge in [-0.1, -0.05) is 31.2 Å². The highest BCUT2D eigenvalue weighted by atomic mass is 16.5. The van der Waals surface area contributed by atoms with E-state index in [1.807, 2.05) is 19.9 Å². The van der Waals surface area contributed by atoms with Gasteiger partial charge in [-0.25, -0.2) is 0 Å². The monoisotopic (exact) mass is 356 g/mol. The Bertz CT molecular complexity index is 761. The molecule has 2 N–H and O–H groups in total. The highest BCUT2D eigenvalue weighted by molar-refractivity contribution is 6.04. The van der Waals surface area contributed by atoms with E-state index >= 15 is 0 Å². The first kappa shape index (κ1) is 19.3. The van der Waals surface area contributed by atoms with Crippen molar-refractivity contribution < 1.29 is 19.1 Å². The topological polar surface area (TPSA) is 76.7 Å². The van der Waals surface area contributed by atoms with E-state index in [2.05, 4.69) is 10.6 Å². The average Bonchev–Trinajstić information content (AvgIpc) is 2.66. The minimum absolute atomic E-state index is 0.0557. The van der Waals surface area contributed by atoms with Crippen molar-refractivity contribution in [1.82, 2.24) is 5.32 Å². The summed E-state index contributed by atoms with van der Waals surface area (Å²) in [5, 5.41) is 5.62. The van der Waals surface area contributed by atoms with Crippen LogP contribution in [0.1, 0.15) is 30.6 Å². The number of hydrogen-bond acceptors (Lipinski definition) is 4. The second-order valence-electron chi connectivity index (χ2n) is 5.82. The van der Waals surface area contributed by atoms with Gasteiger partial charge in [0, 0.05) is 6.04 Å². The Morgan fingerprint density at radius 1 is 1.04 bits per heavy atom. The number of rotatable bonds is 8. The molecular weight excluding hydrogens is 332 g/mol. The number of carbonyl (C=O) groups is 2. The van der Waals surface area contributed by atoms with E-state index < -0.39 is 0 Å². The number of ether oxygens (including phenoxy) is 2. The van der Waals surface area contributed by atoms with Crippen molar-refractivity contribution in [3.8, 4) is 11.5 Å². The van der Waals surface area contributed by atoms with Gasteiger partial charge in [-0.15, -0.1) is 0 Å². The summed E-state index contributed by atoms with van der Waals surface area (Å²) in [6.45, 7) is 3.73. The molecule has 0 spiro atoms. The summed E-state index contributed by atoms with van der Waals surface area (Å²) in [5.41, 5.74) is 0.861. The lowest BCUT2D eigenvalue weighted by atomic mass is 10.1. The number of nitrogens with one attached hydrogen (secondary N) is 2. The van der Waals surface area contributed by atoms with Crippen LogP contribution in [-0.4, -0.2) is 31.6 Å². The Labute approximate surface area is 153 Å². The number of amides is 2. The van der Waals surface area contributed by atoms with Crippen LogP contribution in [-0.2, 0) is 4.79 Å². The molecule has 0 unspecified atom stereocenters. The number of anilines is 1. The molecule has 1 atom stereocenters. The zero-order valence-corrected chi connectivity index (χ0v) is 15.2. The van der Waals surface area contributed by atoms with Crippen LogP contribution < -0.4 is 20.1 Å². The molecule has 2 amide bonds. The Morgan fingerprint density at radius 3 is 2.38 bits per heavy atom. The zero-order valence-electron chi connectivity index (χ0n) is 15.2. The van der Waals surface area contributed by atoms with Gasteiger partial charge in [0.15, 0.2) is 18.1 Å². The first-order valence-corrected chi connectivity index (χ1v) is 8.50. The van der Waals surface area contributed by atoms with Gasteiger partial charge in [-0.3, -0.25) is 9.59 Å². The fraction of sp³-hybridized carbons (Fsp3) is 0.300. The van der Waals surface area contributed by atoms with Gasteiger partial charge in [0.25, 0.3) is 11.8 Å². The molecule has 6 heteroatoms. The van der Waals surface area contributed by atoms with Crippen LogP contribution >= 0.6 is 0 Å². The smallest absolute Gasteiger partial charge is 0.262 e. The van der Waals surface area contributed by atoms with Crippen LogP contribution in [0.2, 0.25) is 0 Å². The third-order valence-corrected chi connectivity index (χ3v) is 3.86. The van der Waals surface area contributed by atoms with Crippen molar-refractivity contribution in [2.24, 2.45) is 0 Å². The normalized spacial score (nSPS) is 11.3. The second kappa shape index (κ2) is 9.46. The van der Waals surface area contributed by atoms with Gasteiger partial charge in [-0.05, 0) is 37.6 Å². The largest absolute Gasteiger partial charge is 0.493 e. The molecule has 0 aliphatic rings. The van der Waals surface area contributed by atoms with Gasteiger partial charge in [0.05, 0.1) is 18.4 Å². The molecule has 26 heavy (non-hydrogen) atoms. The first-order valence-electron chi connectivity index (χ1n) is 8.50. The van der Waals surface area contributed by atoms with Crippen LogP contribution in [0.15, 0.2) is 48.5 Å². The van der Waals surface area contributed by atoms with Gasteiger partial charge in [0.2, 0.25) is 0 Å². The van der Waals surface area contributed by atoms with Crippen molar-refractivity contribution in [3.63, 3.8) is 0 Å². The predicted octanol–water partition coefficient (Wildman–Crippen LogP) is 3.24. The van der Waals surface area contributed by atoms with Crippen LogP contribution in [0.25, 0.3) is 0 Å². The van der Waals surface area contributed by atoms with Crippen molar-refractivity contribution in [1.29, 1.82) is 0 Å². The molecule has 0 aliphatic heterocycles. The quantitative estimate of drug-likeness (QED) is 0.761. The number of hydrogen-bond donors (Lipinski definition) is 2. The minimum Gasteiger partial charge on any atom is -0.493 e. The second-order valence-corrected chi connectivity index (χ2v) is 5.82. The molecule has 0 radical (unpaired) electrons. The number of carbonyl (C=O) groups excluding carboxylic acids is 2. The molecule has 0 aromatic heterocycles. The van der Waals surface area contributed by atoms with E-state index in [4.69, 9.17) is 9.47 Å². The summed E-state index contributed by atoms with van der Waals surface area (Å²) < 4.78 is 10.7. The number of methoxy groups -OCH3 is 1. The summed E-state index contributed by atoms with van der Waals surface area (Å²) in [4.78, 5) is 24.6. The molecular formula is C20H24N2O4. The summed E-state index contributed by atoms with van der Waals surface area (Å²) in [7, 11) is 1.54. The third-order valence-electron chi connectivity index (χ3n) is 3.86. The van der Waals surface area contributed by atoms with E-state index in [1.165, 1.54) is 7.11 Å². The van der Waals surface area contributed by atoms with Crippen LogP contribution in [0.5, 0.6) is 11.5 Å². The van der Waals surface area contributed by atoms with E-state index in [-0.39, 0.29) is 24.5 Å². The molecule has 0 saturated heterocycles. The fourth-order valence-electron chi connectivity index (χ4n) is 2.26. The lowest BCUT2D eigenvalue weighted by Gasteiger charge is -2.15. The maximum Gasteiger partial charge on any atom is 0.262 e. The molecule has 138 valence electrons. The molecule has 2 aromatic rings. The van der Waals surface area contributed by atoms with E-state index in [0.29, 0.717) is 22.7 Å². The molecule has 0 saturated carbocycles. The average molecular weight is 356 g/mol. The van der Waals surface area contributed by atoms with Crippen molar-refractivity contribution >= 4 is 17.5 Å². The van der Waals surface area contributed by atoms with Gasteiger partial charge >= 0.3 is 0 Å². The van der Waals surface area contributed by atoms with Crippen molar-refractivity contribution in [3.05, 3.63) is 54.1 Å². The molecule has 2 rings (SSSR count). The maximum absolute atomic E-state index is 12.4. The molecule has 0 bridgehead atoms. The van der Waals surface area contributed by atoms with Gasteiger partial charge < -0.3 is 20.1 Å². The van der Waals surface area contributed by atoms with Crippen molar-refractivity contribution in [2.75, 3.05) is 19.0 Å². The Balaban J connectivity index is 2.02. The molecule has 0 fully saturated rings. The summed E-state index contributed by atoms with van der Waals surface area (Å²) >= 11 is 0. The summed E-state index contributed by atoms with van der Waals surface area (Å²) in [6.07, 6.45) is 0.826. The lowest BCUT2D eigenvalue weighted by Crippen LogP contribution is -2.33.